The number of nitrogens with one attached hydrogen (secondary N) is 2. The summed E-state index contributed by atoms with van der Waals surface area (Å²) in [5.41, 5.74) is 3.84. The molecule has 1 saturated carbocycles. The van der Waals surface area contributed by atoms with Crippen LogP contribution in [0.3, 0.4) is 0 Å². The number of guanidine groups is 1. The summed E-state index contributed by atoms with van der Waals surface area (Å²) in [6.07, 6.45) is 7.16. The molecule has 0 bridgehead atoms. The SMILES string of the molecule is CCc1nn(C)c(CC)c1CNC(=NC)NC1CCCC1.I. The predicted molar refractivity (Wildman–Crippen MR) is 103 cm³/mol. The molecule has 1 aromatic rings. The quantitative estimate of drug-likeness (QED) is 0.439. The minimum atomic E-state index is 0. The maximum Gasteiger partial charge on any atom is 0.191 e. The van der Waals surface area contributed by atoms with Crippen LogP contribution >= 0.6 is 24.0 Å². The molecule has 1 aromatic heterocycles. The maximum absolute atomic E-state index is 4.62. The van der Waals surface area contributed by atoms with E-state index in [4.69, 9.17) is 0 Å². The Balaban J connectivity index is 0.00000242. The summed E-state index contributed by atoms with van der Waals surface area (Å²) in [7, 11) is 3.88. The van der Waals surface area contributed by atoms with Crippen molar-refractivity contribution in [3.63, 3.8) is 0 Å². The Morgan fingerprint density at radius 2 is 1.95 bits per heavy atom. The van der Waals surface area contributed by atoms with Crippen molar-refractivity contribution >= 4 is 29.9 Å². The second-order valence-corrected chi connectivity index (χ2v) is 5.75. The van der Waals surface area contributed by atoms with E-state index in [0.29, 0.717) is 6.04 Å². The highest BCUT2D eigenvalue weighted by molar-refractivity contribution is 14.0. The first-order chi connectivity index (χ1) is 10.2. The molecular formula is C16H30IN5. The molecule has 0 aromatic carbocycles. The fourth-order valence-corrected chi connectivity index (χ4v) is 3.22. The summed E-state index contributed by atoms with van der Waals surface area (Å²) < 4.78 is 2.02. The van der Waals surface area contributed by atoms with Crippen molar-refractivity contribution in [3.8, 4) is 0 Å². The van der Waals surface area contributed by atoms with Crippen molar-refractivity contribution in [2.75, 3.05) is 7.05 Å². The third kappa shape index (κ3) is 4.60. The number of aromatic nitrogens is 2. The van der Waals surface area contributed by atoms with E-state index in [9.17, 15) is 0 Å². The third-order valence-corrected chi connectivity index (χ3v) is 4.38. The van der Waals surface area contributed by atoms with Gasteiger partial charge in [-0.05, 0) is 25.7 Å². The Kier molecular flexibility index (Phi) is 8.20. The van der Waals surface area contributed by atoms with Crippen LogP contribution in [0.1, 0.15) is 56.5 Å². The third-order valence-electron chi connectivity index (χ3n) is 4.38. The van der Waals surface area contributed by atoms with Crippen LogP contribution < -0.4 is 10.6 Å². The van der Waals surface area contributed by atoms with Crippen molar-refractivity contribution in [1.29, 1.82) is 0 Å². The van der Waals surface area contributed by atoms with Gasteiger partial charge < -0.3 is 10.6 Å². The fraction of sp³-hybridized carbons (Fsp3) is 0.750. The van der Waals surface area contributed by atoms with Gasteiger partial charge in [0.25, 0.3) is 0 Å². The van der Waals surface area contributed by atoms with Crippen molar-refractivity contribution in [2.45, 2.75) is 65.0 Å². The van der Waals surface area contributed by atoms with Crippen LogP contribution in [0.15, 0.2) is 4.99 Å². The molecule has 0 spiro atoms. The highest BCUT2D eigenvalue weighted by atomic mass is 127. The van der Waals surface area contributed by atoms with E-state index >= 15 is 0 Å². The lowest BCUT2D eigenvalue weighted by molar-refractivity contribution is 0.612. The van der Waals surface area contributed by atoms with Gasteiger partial charge in [0, 0.05) is 37.9 Å². The van der Waals surface area contributed by atoms with E-state index in [1.807, 2.05) is 18.8 Å². The van der Waals surface area contributed by atoms with E-state index < -0.39 is 0 Å². The molecule has 0 saturated heterocycles. The van der Waals surface area contributed by atoms with Crippen molar-refractivity contribution in [1.82, 2.24) is 20.4 Å². The van der Waals surface area contributed by atoms with Gasteiger partial charge in [-0.1, -0.05) is 26.7 Å². The smallest absolute Gasteiger partial charge is 0.191 e. The molecule has 2 rings (SSSR count). The topological polar surface area (TPSA) is 54.2 Å². The second-order valence-electron chi connectivity index (χ2n) is 5.75. The van der Waals surface area contributed by atoms with Gasteiger partial charge in [0.2, 0.25) is 0 Å². The van der Waals surface area contributed by atoms with Crippen molar-refractivity contribution < 1.29 is 0 Å². The average molecular weight is 419 g/mol. The van der Waals surface area contributed by atoms with Gasteiger partial charge >= 0.3 is 0 Å². The molecule has 0 unspecified atom stereocenters. The molecule has 1 aliphatic rings. The zero-order valence-electron chi connectivity index (χ0n) is 14.3. The first-order valence-electron chi connectivity index (χ1n) is 8.20. The van der Waals surface area contributed by atoms with Crippen LogP contribution in [-0.4, -0.2) is 28.8 Å². The summed E-state index contributed by atoms with van der Waals surface area (Å²) in [4.78, 5) is 4.35. The largest absolute Gasteiger partial charge is 0.354 e. The summed E-state index contributed by atoms with van der Waals surface area (Å²) in [5.74, 6) is 0.912. The van der Waals surface area contributed by atoms with Crippen LogP contribution in [0.2, 0.25) is 0 Å². The van der Waals surface area contributed by atoms with Crippen LogP contribution in [0, 0.1) is 0 Å². The summed E-state index contributed by atoms with van der Waals surface area (Å²) >= 11 is 0. The van der Waals surface area contributed by atoms with Crippen LogP contribution in [-0.2, 0) is 26.4 Å². The molecule has 0 radical (unpaired) electrons. The summed E-state index contributed by atoms with van der Waals surface area (Å²) in [6, 6.07) is 0.585. The molecule has 6 heteroatoms. The predicted octanol–water partition coefficient (Wildman–Crippen LogP) is 2.77. The Morgan fingerprint density at radius 1 is 1.27 bits per heavy atom. The van der Waals surface area contributed by atoms with E-state index in [-0.39, 0.29) is 24.0 Å². The molecular weight excluding hydrogens is 389 g/mol. The highest BCUT2D eigenvalue weighted by Gasteiger charge is 2.17. The van der Waals surface area contributed by atoms with E-state index in [1.165, 1.54) is 42.6 Å². The number of aliphatic imine (C=N–C) groups is 1. The second kappa shape index (κ2) is 9.37. The zero-order chi connectivity index (χ0) is 15.2. The van der Waals surface area contributed by atoms with Crippen molar-refractivity contribution in [3.05, 3.63) is 17.0 Å². The van der Waals surface area contributed by atoms with Crippen molar-refractivity contribution in [2.24, 2.45) is 12.0 Å². The molecule has 0 aliphatic heterocycles. The number of halogens is 1. The van der Waals surface area contributed by atoms with Gasteiger partial charge in [0.15, 0.2) is 5.96 Å². The molecule has 1 aliphatic carbocycles. The van der Waals surface area contributed by atoms with E-state index in [1.54, 1.807) is 0 Å². The number of hydrogen-bond donors (Lipinski definition) is 2. The summed E-state index contributed by atoms with van der Waals surface area (Å²) in [6.45, 7) is 5.15. The minimum absolute atomic E-state index is 0. The van der Waals surface area contributed by atoms with Crippen LogP contribution in [0.4, 0.5) is 0 Å². The lowest BCUT2D eigenvalue weighted by Crippen LogP contribution is -2.42. The van der Waals surface area contributed by atoms with Crippen LogP contribution in [0.25, 0.3) is 0 Å². The van der Waals surface area contributed by atoms with Gasteiger partial charge in [0.1, 0.15) is 0 Å². The number of rotatable bonds is 5. The van der Waals surface area contributed by atoms with E-state index in [0.717, 1.165) is 25.3 Å². The normalized spacial score (nSPS) is 15.7. The lowest BCUT2D eigenvalue weighted by atomic mass is 10.1. The molecule has 0 atom stereocenters. The molecule has 0 amide bonds. The standard InChI is InChI=1S/C16H29N5.HI/c1-5-14-13(15(6-2)21(4)20-14)11-18-16(17-3)19-12-9-7-8-10-12;/h12H,5-11H2,1-4H3,(H2,17,18,19);1H. The number of nitrogens with zero attached hydrogens (tertiary/aromatic N) is 3. The highest BCUT2D eigenvalue weighted by Crippen LogP contribution is 2.18. The maximum atomic E-state index is 4.62. The number of hydrogen-bond acceptors (Lipinski definition) is 2. The molecule has 126 valence electrons. The minimum Gasteiger partial charge on any atom is -0.354 e. The van der Waals surface area contributed by atoms with Crippen LogP contribution in [0.5, 0.6) is 0 Å². The van der Waals surface area contributed by atoms with Gasteiger partial charge in [-0.15, -0.1) is 24.0 Å². The Labute approximate surface area is 151 Å². The van der Waals surface area contributed by atoms with E-state index in [2.05, 4.69) is 34.6 Å². The monoisotopic (exact) mass is 419 g/mol. The molecule has 22 heavy (non-hydrogen) atoms. The first kappa shape index (κ1) is 19.3. The molecule has 1 heterocycles. The molecule has 2 N–H and O–H groups in total. The van der Waals surface area contributed by atoms with Gasteiger partial charge in [-0.3, -0.25) is 9.67 Å². The number of aryl methyl sites for hydroxylation is 2. The molecule has 5 nitrogen and oxygen atoms in total. The average Bonchev–Trinajstić information content (AvgIpc) is 3.10. The fourth-order valence-electron chi connectivity index (χ4n) is 3.22. The first-order valence-corrected chi connectivity index (χ1v) is 8.20. The summed E-state index contributed by atoms with van der Waals surface area (Å²) in [5, 5.41) is 11.6. The molecule has 1 fully saturated rings. The zero-order valence-corrected chi connectivity index (χ0v) is 16.6. The Morgan fingerprint density at radius 3 is 2.50 bits per heavy atom. The Bertz CT molecular complexity index is 489. The van der Waals surface area contributed by atoms with Gasteiger partial charge in [0.05, 0.1) is 5.69 Å². The Hall–Kier alpha value is -0.790. The van der Waals surface area contributed by atoms with Gasteiger partial charge in [-0.2, -0.15) is 5.10 Å². The lowest BCUT2D eigenvalue weighted by Gasteiger charge is -2.17. The van der Waals surface area contributed by atoms with Gasteiger partial charge in [-0.25, -0.2) is 0 Å².